The third-order valence-electron chi connectivity index (χ3n) is 4.75. The summed E-state index contributed by atoms with van der Waals surface area (Å²) in [6.07, 6.45) is 3.80. The first-order valence-electron chi connectivity index (χ1n) is 8.77. The van der Waals surface area contributed by atoms with Crippen LogP contribution in [0.15, 0.2) is 48.7 Å². The molecule has 134 valence electrons. The summed E-state index contributed by atoms with van der Waals surface area (Å²) in [5, 5.41) is 12.3. The summed E-state index contributed by atoms with van der Waals surface area (Å²) in [6, 6.07) is 13.4. The van der Waals surface area contributed by atoms with Crippen molar-refractivity contribution >= 4 is 29.1 Å². The Morgan fingerprint density at radius 1 is 1.19 bits per heavy atom. The third kappa shape index (κ3) is 3.51. The molecule has 1 aliphatic rings. The van der Waals surface area contributed by atoms with Crippen LogP contribution in [0.3, 0.4) is 0 Å². The van der Waals surface area contributed by atoms with Gasteiger partial charge in [0.05, 0.1) is 5.92 Å². The molecule has 1 fully saturated rings. The minimum Gasteiger partial charge on any atom is -0.352 e. The van der Waals surface area contributed by atoms with Gasteiger partial charge in [0, 0.05) is 30.9 Å². The number of halogens is 1. The number of carbonyl (C=O) groups is 1. The van der Waals surface area contributed by atoms with Gasteiger partial charge in [0.1, 0.15) is 0 Å². The molecule has 1 aliphatic heterocycles. The van der Waals surface area contributed by atoms with Gasteiger partial charge in [-0.05, 0) is 42.7 Å². The highest BCUT2D eigenvalue weighted by Gasteiger charge is 2.27. The molecule has 3 heterocycles. The number of pyridine rings is 1. The minimum atomic E-state index is -0.0490. The summed E-state index contributed by atoms with van der Waals surface area (Å²) in [7, 11) is 0. The van der Waals surface area contributed by atoms with E-state index in [4.69, 9.17) is 11.6 Å². The van der Waals surface area contributed by atoms with E-state index in [2.05, 4.69) is 20.4 Å². The highest BCUT2D eigenvalue weighted by Crippen LogP contribution is 2.22. The summed E-state index contributed by atoms with van der Waals surface area (Å²) < 4.78 is 1.97. The molecule has 0 bridgehead atoms. The first-order valence-corrected chi connectivity index (χ1v) is 9.15. The van der Waals surface area contributed by atoms with E-state index in [1.54, 1.807) is 0 Å². The normalized spacial score (nSPS) is 17.4. The number of carbonyl (C=O) groups excluding carboxylic acids is 1. The van der Waals surface area contributed by atoms with Crippen molar-refractivity contribution in [2.75, 3.05) is 18.0 Å². The zero-order chi connectivity index (χ0) is 17.9. The van der Waals surface area contributed by atoms with Crippen molar-refractivity contribution in [2.24, 2.45) is 5.92 Å². The van der Waals surface area contributed by atoms with Gasteiger partial charge in [-0.3, -0.25) is 9.20 Å². The first kappa shape index (κ1) is 16.8. The molecule has 0 radical (unpaired) electrons. The van der Waals surface area contributed by atoms with Crippen molar-refractivity contribution in [1.82, 2.24) is 19.9 Å². The number of aromatic nitrogens is 3. The summed E-state index contributed by atoms with van der Waals surface area (Å²) >= 11 is 5.90. The van der Waals surface area contributed by atoms with Crippen LogP contribution in [0, 0.1) is 5.92 Å². The van der Waals surface area contributed by atoms with Crippen molar-refractivity contribution in [3.63, 3.8) is 0 Å². The van der Waals surface area contributed by atoms with Crippen LogP contribution < -0.4 is 10.2 Å². The molecule has 0 spiro atoms. The van der Waals surface area contributed by atoms with Crippen LogP contribution in [0.4, 0.5) is 5.95 Å². The Balaban J connectivity index is 1.41. The van der Waals surface area contributed by atoms with Crippen LogP contribution in [-0.4, -0.2) is 33.6 Å². The number of fused-ring (bicyclic) bond motifs is 1. The van der Waals surface area contributed by atoms with E-state index >= 15 is 0 Å². The molecule has 2 aromatic heterocycles. The van der Waals surface area contributed by atoms with Gasteiger partial charge in [0.2, 0.25) is 11.9 Å². The number of rotatable bonds is 4. The van der Waals surface area contributed by atoms with Crippen molar-refractivity contribution < 1.29 is 4.79 Å². The van der Waals surface area contributed by atoms with Crippen LogP contribution in [0.2, 0.25) is 5.02 Å². The molecule has 1 unspecified atom stereocenters. The molecule has 1 atom stereocenters. The smallest absolute Gasteiger partial charge is 0.231 e. The lowest BCUT2D eigenvalue weighted by Gasteiger charge is -2.32. The maximum atomic E-state index is 12.6. The Kier molecular flexibility index (Phi) is 4.75. The second-order valence-corrected chi connectivity index (χ2v) is 6.99. The van der Waals surface area contributed by atoms with Gasteiger partial charge in [-0.15, -0.1) is 10.2 Å². The van der Waals surface area contributed by atoms with E-state index < -0.39 is 0 Å². The second kappa shape index (κ2) is 7.33. The molecular formula is C19H20ClN5O. The molecular weight excluding hydrogens is 350 g/mol. The summed E-state index contributed by atoms with van der Waals surface area (Å²) in [5.41, 5.74) is 1.86. The second-order valence-electron chi connectivity index (χ2n) is 6.56. The van der Waals surface area contributed by atoms with Gasteiger partial charge in [-0.1, -0.05) is 29.8 Å². The van der Waals surface area contributed by atoms with E-state index in [9.17, 15) is 4.79 Å². The Hall–Kier alpha value is -2.60. The van der Waals surface area contributed by atoms with E-state index in [1.165, 1.54) is 0 Å². The van der Waals surface area contributed by atoms with Crippen LogP contribution in [0.1, 0.15) is 18.4 Å². The number of nitrogens with one attached hydrogen (secondary N) is 1. The van der Waals surface area contributed by atoms with Gasteiger partial charge >= 0.3 is 0 Å². The van der Waals surface area contributed by atoms with Crippen LogP contribution in [0.25, 0.3) is 5.65 Å². The van der Waals surface area contributed by atoms with Crippen LogP contribution >= 0.6 is 11.6 Å². The topological polar surface area (TPSA) is 62.5 Å². The molecule has 0 aliphatic carbocycles. The van der Waals surface area contributed by atoms with Crippen molar-refractivity contribution in [1.29, 1.82) is 0 Å². The maximum absolute atomic E-state index is 12.6. The lowest BCUT2D eigenvalue weighted by molar-refractivity contribution is -0.125. The first-order chi connectivity index (χ1) is 12.7. The average Bonchev–Trinajstić information content (AvgIpc) is 3.11. The van der Waals surface area contributed by atoms with Crippen LogP contribution in [-0.2, 0) is 11.3 Å². The average molecular weight is 370 g/mol. The lowest BCUT2D eigenvalue weighted by atomic mass is 9.97. The fraction of sp³-hybridized carbons (Fsp3) is 0.316. The number of benzene rings is 1. The number of anilines is 1. The Bertz CT molecular complexity index is 908. The summed E-state index contributed by atoms with van der Waals surface area (Å²) in [4.78, 5) is 14.8. The molecule has 1 N–H and O–H groups in total. The molecule has 3 aromatic rings. The number of nitrogens with zero attached hydrogens (tertiary/aromatic N) is 4. The molecule has 4 rings (SSSR count). The lowest BCUT2D eigenvalue weighted by Crippen LogP contribution is -2.43. The highest BCUT2D eigenvalue weighted by atomic mass is 35.5. The predicted octanol–water partition coefficient (Wildman–Crippen LogP) is 2.92. The van der Waals surface area contributed by atoms with E-state index in [1.807, 2.05) is 53.1 Å². The van der Waals surface area contributed by atoms with Crippen molar-refractivity contribution in [3.8, 4) is 0 Å². The molecule has 0 saturated carbocycles. The molecule has 1 aromatic carbocycles. The summed E-state index contributed by atoms with van der Waals surface area (Å²) in [6.45, 7) is 2.05. The number of amides is 1. The fourth-order valence-corrected chi connectivity index (χ4v) is 3.48. The Morgan fingerprint density at radius 3 is 2.88 bits per heavy atom. The number of hydrogen-bond donors (Lipinski definition) is 1. The number of hydrogen-bond acceptors (Lipinski definition) is 4. The van der Waals surface area contributed by atoms with Crippen LogP contribution in [0.5, 0.6) is 0 Å². The Morgan fingerprint density at radius 2 is 2.04 bits per heavy atom. The molecule has 6 nitrogen and oxygen atoms in total. The van der Waals surface area contributed by atoms with E-state index in [0.717, 1.165) is 36.5 Å². The quantitative estimate of drug-likeness (QED) is 0.768. The summed E-state index contributed by atoms with van der Waals surface area (Å²) in [5.74, 6) is 0.835. The number of piperidine rings is 1. The van der Waals surface area contributed by atoms with Gasteiger partial charge in [-0.2, -0.15) is 0 Å². The SMILES string of the molecule is O=C(NCc1ccc(Cl)cc1)C1CCCN(c2nnc3ccccn23)C1. The fourth-order valence-electron chi connectivity index (χ4n) is 3.35. The van der Waals surface area contributed by atoms with Gasteiger partial charge in [-0.25, -0.2) is 0 Å². The largest absolute Gasteiger partial charge is 0.352 e. The molecule has 7 heteroatoms. The standard InChI is InChI=1S/C19H20ClN5O/c20-16-8-6-14(7-9-16)12-21-18(26)15-4-3-10-24(13-15)19-23-22-17-5-1-2-11-25(17)19/h1-2,5-9,11,15H,3-4,10,12-13H2,(H,21,26). The third-order valence-corrected chi connectivity index (χ3v) is 5.00. The molecule has 1 saturated heterocycles. The maximum Gasteiger partial charge on any atom is 0.231 e. The highest BCUT2D eigenvalue weighted by molar-refractivity contribution is 6.30. The molecule has 1 amide bonds. The van der Waals surface area contributed by atoms with Crippen molar-refractivity contribution in [2.45, 2.75) is 19.4 Å². The van der Waals surface area contributed by atoms with Gasteiger partial charge in [0.15, 0.2) is 5.65 Å². The Labute approximate surface area is 156 Å². The van der Waals surface area contributed by atoms with E-state index in [-0.39, 0.29) is 11.8 Å². The van der Waals surface area contributed by atoms with Crippen molar-refractivity contribution in [3.05, 3.63) is 59.2 Å². The minimum absolute atomic E-state index is 0.0490. The van der Waals surface area contributed by atoms with Gasteiger partial charge in [0.25, 0.3) is 0 Å². The van der Waals surface area contributed by atoms with Gasteiger partial charge < -0.3 is 10.2 Å². The zero-order valence-electron chi connectivity index (χ0n) is 14.3. The zero-order valence-corrected chi connectivity index (χ0v) is 15.1. The monoisotopic (exact) mass is 369 g/mol. The molecule has 26 heavy (non-hydrogen) atoms. The van der Waals surface area contributed by atoms with E-state index in [0.29, 0.717) is 18.1 Å². The predicted molar refractivity (Wildman–Crippen MR) is 101 cm³/mol.